The second-order valence-electron chi connectivity index (χ2n) is 5.05. The van der Waals surface area contributed by atoms with Crippen LogP contribution in [0.1, 0.15) is 31.2 Å². The normalized spacial score (nSPS) is 20.0. The Labute approximate surface area is 105 Å². The molecule has 1 heterocycles. The number of ether oxygens (including phenoxy) is 2. The highest BCUT2D eigenvalue weighted by atomic mass is 16.7. The maximum absolute atomic E-state index is 11.3. The zero-order valence-electron chi connectivity index (χ0n) is 10.1. The molecule has 0 unspecified atom stereocenters. The number of nitrogens with zero attached hydrogens (tertiary/aromatic N) is 1. The fourth-order valence-corrected chi connectivity index (χ4v) is 2.89. The van der Waals surface area contributed by atoms with Crippen molar-refractivity contribution in [2.45, 2.75) is 37.6 Å². The summed E-state index contributed by atoms with van der Waals surface area (Å²) in [6, 6.07) is 5.60. The van der Waals surface area contributed by atoms with Gasteiger partial charge in [0.1, 0.15) is 0 Å². The van der Waals surface area contributed by atoms with Crippen LogP contribution in [0.15, 0.2) is 18.2 Å². The molecule has 1 saturated carbocycles. The number of benzene rings is 1. The number of hydrogen-bond donors (Lipinski definition) is 0. The fourth-order valence-electron chi connectivity index (χ4n) is 2.89. The molecule has 1 aliphatic heterocycles. The Morgan fingerprint density at radius 3 is 2.67 bits per heavy atom. The first kappa shape index (κ1) is 11.3. The quantitative estimate of drug-likeness (QED) is 0.610. The van der Waals surface area contributed by atoms with Crippen LogP contribution in [0.4, 0.5) is 0 Å². The monoisotopic (exact) mass is 249 g/mol. The van der Waals surface area contributed by atoms with E-state index in [1.54, 1.807) is 0 Å². The van der Waals surface area contributed by atoms with Crippen molar-refractivity contribution < 1.29 is 14.4 Å². The van der Waals surface area contributed by atoms with E-state index in [4.69, 9.17) is 9.47 Å². The molecule has 96 valence electrons. The fraction of sp³-hybridized carbons (Fsp3) is 0.538. The standard InChI is InChI=1S/C13H15NO4/c15-14(16)13(5-1-2-6-13)8-10-3-4-11-12(7-10)18-9-17-11/h3-4,7H,1-2,5-6,8-9H2. The highest BCUT2D eigenvalue weighted by molar-refractivity contribution is 5.44. The maximum Gasteiger partial charge on any atom is 0.231 e. The van der Waals surface area contributed by atoms with Crippen LogP contribution in [0.5, 0.6) is 11.5 Å². The first-order valence-corrected chi connectivity index (χ1v) is 6.23. The average Bonchev–Trinajstić information content (AvgIpc) is 2.97. The van der Waals surface area contributed by atoms with E-state index in [1.807, 2.05) is 18.2 Å². The summed E-state index contributed by atoms with van der Waals surface area (Å²) in [5, 5.41) is 11.3. The molecule has 5 heteroatoms. The molecule has 0 bridgehead atoms. The summed E-state index contributed by atoms with van der Waals surface area (Å²) in [7, 11) is 0. The molecule has 1 fully saturated rings. The molecule has 0 amide bonds. The Hall–Kier alpha value is -1.78. The van der Waals surface area contributed by atoms with Gasteiger partial charge in [0.2, 0.25) is 12.3 Å². The van der Waals surface area contributed by atoms with Gasteiger partial charge in [-0.1, -0.05) is 6.07 Å². The van der Waals surface area contributed by atoms with Gasteiger partial charge in [0.15, 0.2) is 11.5 Å². The predicted octanol–water partition coefficient (Wildman–Crippen LogP) is 2.55. The van der Waals surface area contributed by atoms with Gasteiger partial charge >= 0.3 is 0 Å². The van der Waals surface area contributed by atoms with Crippen molar-refractivity contribution in [2.75, 3.05) is 6.79 Å². The zero-order chi connectivity index (χ0) is 12.6. The summed E-state index contributed by atoms with van der Waals surface area (Å²) in [5.41, 5.74) is 0.186. The average molecular weight is 249 g/mol. The van der Waals surface area contributed by atoms with Gasteiger partial charge in [0, 0.05) is 24.2 Å². The summed E-state index contributed by atoms with van der Waals surface area (Å²) in [6.07, 6.45) is 3.73. The number of fused-ring (bicyclic) bond motifs is 1. The van der Waals surface area contributed by atoms with E-state index < -0.39 is 5.54 Å². The second kappa shape index (κ2) is 4.15. The van der Waals surface area contributed by atoms with Crippen LogP contribution >= 0.6 is 0 Å². The minimum Gasteiger partial charge on any atom is -0.454 e. The Morgan fingerprint density at radius 1 is 1.22 bits per heavy atom. The Morgan fingerprint density at radius 2 is 1.94 bits per heavy atom. The van der Waals surface area contributed by atoms with Crippen molar-refractivity contribution in [1.82, 2.24) is 0 Å². The zero-order valence-corrected chi connectivity index (χ0v) is 10.1. The van der Waals surface area contributed by atoms with Gasteiger partial charge < -0.3 is 9.47 Å². The van der Waals surface area contributed by atoms with Crippen LogP contribution in [0, 0.1) is 10.1 Å². The first-order valence-electron chi connectivity index (χ1n) is 6.23. The second-order valence-corrected chi connectivity index (χ2v) is 5.05. The van der Waals surface area contributed by atoms with Crippen LogP contribution in [-0.2, 0) is 6.42 Å². The number of hydrogen-bond acceptors (Lipinski definition) is 4. The third-order valence-corrected chi connectivity index (χ3v) is 3.89. The van der Waals surface area contributed by atoms with Crippen molar-refractivity contribution in [3.8, 4) is 11.5 Å². The van der Waals surface area contributed by atoms with Crippen LogP contribution in [0.25, 0.3) is 0 Å². The van der Waals surface area contributed by atoms with Gasteiger partial charge in [-0.25, -0.2) is 0 Å². The Balaban J connectivity index is 1.85. The summed E-state index contributed by atoms with van der Waals surface area (Å²) in [4.78, 5) is 11.2. The largest absolute Gasteiger partial charge is 0.454 e. The molecule has 18 heavy (non-hydrogen) atoms. The van der Waals surface area contributed by atoms with E-state index in [0.29, 0.717) is 25.0 Å². The molecule has 0 saturated heterocycles. The van der Waals surface area contributed by atoms with Crippen LogP contribution in [0.3, 0.4) is 0 Å². The van der Waals surface area contributed by atoms with Gasteiger partial charge in [-0.2, -0.15) is 0 Å². The van der Waals surface area contributed by atoms with Crippen molar-refractivity contribution >= 4 is 0 Å². The molecule has 0 atom stereocenters. The molecule has 2 aliphatic rings. The van der Waals surface area contributed by atoms with E-state index in [-0.39, 0.29) is 11.7 Å². The van der Waals surface area contributed by atoms with Gasteiger partial charge in [0.05, 0.1) is 0 Å². The summed E-state index contributed by atoms with van der Waals surface area (Å²) in [6.45, 7) is 0.235. The summed E-state index contributed by atoms with van der Waals surface area (Å²) < 4.78 is 10.5. The topological polar surface area (TPSA) is 61.6 Å². The molecule has 0 spiro atoms. The third kappa shape index (κ3) is 1.79. The van der Waals surface area contributed by atoms with Gasteiger partial charge in [-0.15, -0.1) is 0 Å². The molecule has 1 aromatic rings. The minimum atomic E-state index is -0.770. The SMILES string of the molecule is O=[N+]([O-])C1(Cc2ccc3c(c2)OCO3)CCCC1. The Kier molecular flexibility index (Phi) is 2.61. The van der Waals surface area contributed by atoms with Gasteiger partial charge in [-0.3, -0.25) is 10.1 Å². The molecular weight excluding hydrogens is 234 g/mol. The van der Waals surface area contributed by atoms with Crippen LogP contribution in [-0.4, -0.2) is 17.3 Å². The molecular formula is C13H15NO4. The van der Waals surface area contributed by atoms with E-state index in [0.717, 1.165) is 24.2 Å². The molecule has 0 radical (unpaired) electrons. The van der Waals surface area contributed by atoms with Crippen molar-refractivity contribution in [1.29, 1.82) is 0 Å². The van der Waals surface area contributed by atoms with Crippen molar-refractivity contribution in [3.63, 3.8) is 0 Å². The van der Waals surface area contributed by atoms with Gasteiger partial charge in [0.25, 0.3) is 0 Å². The van der Waals surface area contributed by atoms with Gasteiger partial charge in [-0.05, 0) is 30.5 Å². The highest BCUT2D eigenvalue weighted by Gasteiger charge is 2.45. The smallest absolute Gasteiger partial charge is 0.231 e. The van der Waals surface area contributed by atoms with Crippen molar-refractivity contribution in [3.05, 3.63) is 33.9 Å². The molecule has 1 aliphatic carbocycles. The van der Waals surface area contributed by atoms with E-state index >= 15 is 0 Å². The summed E-state index contributed by atoms with van der Waals surface area (Å²) in [5.74, 6) is 1.42. The van der Waals surface area contributed by atoms with Crippen molar-refractivity contribution in [2.24, 2.45) is 0 Å². The van der Waals surface area contributed by atoms with E-state index in [1.165, 1.54) is 0 Å². The first-order chi connectivity index (χ1) is 8.70. The molecule has 5 nitrogen and oxygen atoms in total. The highest BCUT2D eigenvalue weighted by Crippen LogP contribution is 2.38. The van der Waals surface area contributed by atoms with E-state index in [2.05, 4.69) is 0 Å². The minimum absolute atomic E-state index is 0.0927. The lowest BCUT2D eigenvalue weighted by Crippen LogP contribution is -2.37. The number of rotatable bonds is 3. The third-order valence-electron chi connectivity index (χ3n) is 3.89. The summed E-state index contributed by atoms with van der Waals surface area (Å²) >= 11 is 0. The number of nitro groups is 1. The maximum atomic E-state index is 11.3. The van der Waals surface area contributed by atoms with E-state index in [9.17, 15) is 10.1 Å². The molecule has 3 rings (SSSR count). The predicted molar refractivity (Wildman–Crippen MR) is 64.5 cm³/mol. The Bertz CT molecular complexity index is 480. The lowest BCUT2D eigenvalue weighted by atomic mass is 9.90. The lowest BCUT2D eigenvalue weighted by molar-refractivity contribution is -0.568. The lowest BCUT2D eigenvalue weighted by Gasteiger charge is -2.19. The molecule has 0 N–H and O–H groups in total. The van der Waals surface area contributed by atoms with Crippen LogP contribution in [0.2, 0.25) is 0 Å². The molecule has 0 aromatic heterocycles. The van der Waals surface area contributed by atoms with Crippen LogP contribution < -0.4 is 9.47 Å². The molecule has 1 aromatic carbocycles.